The van der Waals surface area contributed by atoms with Crippen LogP contribution in [0.4, 0.5) is 13.2 Å². The first-order valence-corrected chi connectivity index (χ1v) is 10.5. The zero-order valence-electron chi connectivity index (χ0n) is 18.1. The Balaban J connectivity index is 1.70. The molecule has 0 saturated carbocycles. The topological polar surface area (TPSA) is 131 Å². The Kier molecular flexibility index (Phi) is 6.24. The van der Waals surface area contributed by atoms with E-state index in [1.54, 1.807) is 0 Å². The van der Waals surface area contributed by atoms with Crippen LogP contribution in [0.25, 0.3) is 0 Å². The molecule has 1 atom stereocenters. The first-order chi connectivity index (χ1) is 16.5. The fraction of sp³-hybridized carbons (Fsp3) is 0.304. The Hall–Kier alpha value is -3.93. The first-order valence-electron chi connectivity index (χ1n) is 10.5. The number of aliphatic carboxylic acids is 1. The summed E-state index contributed by atoms with van der Waals surface area (Å²) in [5, 5.41) is 21.3. The number of carboxylic acid groups (broad SMARTS) is 1. The maximum atomic E-state index is 13.9. The molecular weight excluding hydrogens is 471 g/mol. The molecule has 0 saturated heterocycles. The van der Waals surface area contributed by atoms with Crippen LogP contribution in [-0.4, -0.2) is 44.4 Å². The molecule has 4 rings (SSSR count). The van der Waals surface area contributed by atoms with Crippen molar-refractivity contribution in [2.24, 2.45) is 0 Å². The molecule has 184 valence electrons. The third-order valence-corrected chi connectivity index (χ3v) is 5.96. The van der Waals surface area contributed by atoms with Crippen LogP contribution in [0.3, 0.4) is 0 Å². The van der Waals surface area contributed by atoms with Gasteiger partial charge in [0.2, 0.25) is 0 Å². The lowest BCUT2D eigenvalue weighted by molar-refractivity contribution is -0.176. The Bertz CT molecular complexity index is 1300. The van der Waals surface area contributed by atoms with Gasteiger partial charge in [0.15, 0.2) is 0 Å². The van der Waals surface area contributed by atoms with E-state index in [0.717, 1.165) is 10.6 Å². The predicted octanol–water partition coefficient (Wildman–Crippen LogP) is 2.16. The number of allylic oxidation sites excluding steroid dienone is 4. The molecule has 0 radical (unpaired) electrons. The summed E-state index contributed by atoms with van der Waals surface area (Å²) in [6, 6.07) is 2.66. The minimum absolute atomic E-state index is 0.0328. The van der Waals surface area contributed by atoms with Crippen LogP contribution in [0.2, 0.25) is 0 Å². The average molecular weight is 491 g/mol. The molecule has 0 aromatic carbocycles. The number of halogens is 3. The smallest absolute Gasteiger partial charge is 0.403 e. The van der Waals surface area contributed by atoms with Crippen molar-refractivity contribution in [3.8, 4) is 5.75 Å². The number of amides is 1. The molecule has 0 bridgehead atoms. The Labute approximate surface area is 196 Å². The van der Waals surface area contributed by atoms with Crippen molar-refractivity contribution in [2.45, 2.75) is 37.8 Å². The maximum absolute atomic E-state index is 13.9. The van der Waals surface area contributed by atoms with Gasteiger partial charge in [-0.25, -0.2) is 0 Å². The highest BCUT2D eigenvalue weighted by Gasteiger charge is 2.54. The quantitative estimate of drug-likeness (QED) is 0.565. The van der Waals surface area contributed by atoms with E-state index >= 15 is 0 Å². The number of hydrogen-bond donors (Lipinski definition) is 3. The summed E-state index contributed by atoms with van der Waals surface area (Å²) in [6.45, 7) is -1.03. The number of carboxylic acids is 1. The van der Waals surface area contributed by atoms with Crippen LogP contribution in [0, 0.1) is 0 Å². The van der Waals surface area contributed by atoms with Crippen molar-refractivity contribution in [1.29, 1.82) is 0 Å². The van der Waals surface area contributed by atoms with Gasteiger partial charge in [-0.1, -0.05) is 30.4 Å². The fourth-order valence-electron chi connectivity index (χ4n) is 4.12. The van der Waals surface area contributed by atoms with Crippen LogP contribution >= 0.6 is 0 Å². The standard InChI is InChI=1S/C23H20F3N3O6/c24-23(25,26)22(6-2-1-3-7-22)16-5-4-13(8-27-16)10-29-15-12-35-11-14(15)19(32)18(21(29)34)20(33)28-9-17(30)31/h1-6,8,32H,7,9-12H2,(H,28,33)(H,30,31). The zero-order valence-corrected chi connectivity index (χ0v) is 18.1. The molecule has 12 heteroatoms. The monoisotopic (exact) mass is 491 g/mol. The van der Waals surface area contributed by atoms with Gasteiger partial charge in [0.1, 0.15) is 23.3 Å². The molecule has 0 spiro atoms. The van der Waals surface area contributed by atoms with Crippen LogP contribution < -0.4 is 10.9 Å². The second-order valence-electron chi connectivity index (χ2n) is 8.12. The molecule has 2 aliphatic rings. The average Bonchev–Trinajstić information content (AvgIpc) is 3.31. The van der Waals surface area contributed by atoms with Crippen molar-refractivity contribution in [2.75, 3.05) is 6.54 Å². The summed E-state index contributed by atoms with van der Waals surface area (Å²) >= 11 is 0. The van der Waals surface area contributed by atoms with Gasteiger partial charge in [0.25, 0.3) is 11.5 Å². The molecule has 35 heavy (non-hydrogen) atoms. The van der Waals surface area contributed by atoms with Gasteiger partial charge in [-0.05, 0) is 18.1 Å². The molecule has 2 aromatic heterocycles. The Morgan fingerprint density at radius 3 is 2.60 bits per heavy atom. The van der Waals surface area contributed by atoms with Crippen molar-refractivity contribution >= 4 is 11.9 Å². The molecule has 9 nitrogen and oxygen atoms in total. The number of nitrogens with one attached hydrogen (secondary N) is 1. The molecule has 0 fully saturated rings. The number of carbonyl (C=O) groups excluding carboxylic acids is 1. The van der Waals surface area contributed by atoms with E-state index in [1.165, 1.54) is 36.6 Å². The zero-order chi connectivity index (χ0) is 25.4. The summed E-state index contributed by atoms with van der Waals surface area (Å²) in [7, 11) is 0. The van der Waals surface area contributed by atoms with Crippen LogP contribution in [0.5, 0.6) is 5.75 Å². The number of alkyl halides is 3. The molecule has 2 aromatic rings. The molecule has 1 unspecified atom stereocenters. The first kappa shape index (κ1) is 24.2. The van der Waals surface area contributed by atoms with Gasteiger partial charge >= 0.3 is 12.1 Å². The molecule has 1 amide bonds. The second-order valence-corrected chi connectivity index (χ2v) is 8.12. The number of ether oxygens (including phenoxy) is 1. The highest BCUT2D eigenvalue weighted by Crippen LogP contribution is 2.45. The Morgan fingerprint density at radius 2 is 2.00 bits per heavy atom. The number of carbonyl (C=O) groups is 2. The minimum Gasteiger partial charge on any atom is -0.506 e. The maximum Gasteiger partial charge on any atom is 0.403 e. The van der Waals surface area contributed by atoms with Crippen molar-refractivity contribution < 1.29 is 37.7 Å². The van der Waals surface area contributed by atoms with Crippen molar-refractivity contribution in [3.63, 3.8) is 0 Å². The van der Waals surface area contributed by atoms with Crippen LogP contribution in [0.15, 0.2) is 47.4 Å². The van der Waals surface area contributed by atoms with Crippen molar-refractivity contribution in [1.82, 2.24) is 14.9 Å². The highest BCUT2D eigenvalue weighted by molar-refractivity contribution is 5.98. The number of aromatic hydroxyl groups is 1. The van der Waals surface area contributed by atoms with Gasteiger partial charge < -0.3 is 24.8 Å². The SMILES string of the molecule is O=C(O)CNC(=O)c1c(O)c2c(n(Cc3ccc(C4(C(F)(F)F)C=CC=CC4)nc3)c1=O)COC2. The number of nitrogens with zero attached hydrogens (tertiary/aromatic N) is 2. The Morgan fingerprint density at radius 1 is 1.23 bits per heavy atom. The number of pyridine rings is 2. The lowest BCUT2D eigenvalue weighted by atomic mass is 9.77. The van der Waals surface area contributed by atoms with Gasteiger partial charge in [-0.3, -0.25) is 19.4 Å². The van der Waals surface area contributed by atoms with E-state index < -0.39 is 46.9 Å². The normalized spacial score (nSPS) is 18.9. The van der Waals surface area contributed by atoms with Gasteiger partial charge in [-0.2, -0.15) is 13.2 Å². The minimum atomic E-state index is -4.58. The van der Waals surface area contributed by atoms with Crippen molar-refractivity contribution in [3.05, 3.63) is 81.1 Å². The lowest BCUT2D eigenvalue weighted by Gasteiger charge is -2.33. The van der Waals surface area contributed by atoms with Gasteiger partial charge in [0, 0.05) is 11.8 Å². The molecule has 3 N–H and O–H groups in total. The summed E-state index contributed by atoms with van der Waals surface area (Å²) in [6.07, 6.45) is 1.68. The number of fused-ring (bicyclic) bond motifs is 1. The van der Waals surface area contributed by atoms with E-state index in [0.29, 0.717) is 11.3 Å². The van der Waals surface area contributed by atoms with E-state index in [4.69, 9.17) is 9.84 Å². The molecule has 1 aliphatic heterocycles. The summed E-state index contributed by atoms with van der Waals surface area (Å²) in [5.74, 6) is -3.01. The molecule has 3 heterocycles. The van der Waals surface area contributed by atoms with E-state index in [9.17, 15) is 32.7 Å². The number of hydrogen-bond acceptors (Lipinski definition) is 6. The number of aromatic nitrogens is 2. The fourth-order valence-corrected chi connectivity index (χ4v) is 4.12. The number of rotatable bonds is 6. The van der Waals surface area contributed by atoms with Crippen LogP contribution in [0.1, 0.15) is 39.3 Å². The molecular formula is C23H20F3N3O6. The second kappa shape index (κ2) is 9.02. The third-order valence-electron chi connectivity index (χ3n) is 5.96. The highest BCUT2D eigenvalue weighted by atomic mass is 19.4. The predicted molar refractivity (Wildman–Crippen MR) is 115 cm³/mol. The summed E-state index contributed by atoms with van der Waals surface area (Å²) < 4.78 is 48.2. The summed E-state index contributed by atoms with van der Waals surface area (Å²) in [5.41, 5.74) is -3.13. The lowest BCUT2D eigenvalue weighted by Crippen LogP contribution is -2.41. The van der Waals surface area contributed by atoms with Crippen LogP contribution in [-0.2, 0) is 34.7 Å². The van der Waals surface area contributed by atoms with Gasteiger partial charge in [0.05, 0.1) is 31.1 Å². The largest absolute Gasteiger partial charge is 0.506 e. The van der Waals surface area contributed by atoms with E-state index in [-0.39, 0.29) is 37.4 Å². The van der Waals surface area contributed by atoms with E-state index in [1.807, 2.05) is 5.32 Å². The third kappa shape index (κ3) is 4.32. The van der Waals surface area contributed by atoms with E-state index in [2.05, 4.69) is 4.98 Å². The molecule has 1 aliphatic carbocycles. The summed E-state index contributed by atoms with van der Waals surface area (Å²) in [4.78, 5) is 40.3. The van der Waals surface area contributed by atoms with Gasteiger partial charge in [-0.15, -0.1) is 0 Å².